The molecule has 26 heavy (non-hydrogen) atoms. The summed E-state index contributed by atoms with van der Waals surface area (Å²) in [4.78, 5) is 12.5. The van der Waals surface area contributed by atoms with Crippen LogP contribution in [0.2, 0.25) is 0 Å². The minimum Gasteiger partial charge on any atom is -0.378 e. The van der Waals surface area contributed by atoms with Gasteiger partial charge in [-0.15, -0.1) is 0 Å². The molecule has 1 saturated carbocycles. The zero-order chi connectivity index (χ0) is 19.4. The van der Waals surface area contributed by atoms with Crippen LogP contribution in [0.15, 0.2) is 0 Å². The third-order valence-corrected chi connectivity index (χ3v) is 7.04. The summed E-state index contributed by atoms with van der Waals surface area (Å²) in [6, 6.07) is 0. The average molecular weight is 392 g/mol. The van der Waals surface area contributed by atoms with E-state index in [4.69, 9.17) is 15.2 Å². The molecule has 1 aliphatic carbocycles. The summed E-state index contributed by atoms with van der Waals surface area (Å²) >= 11 is 0. The van der Waals surface area contributed by atoms with Gasteiger partial charge in [-0.25, -0.2) is 13.1 Å². The Morgan fingerprint density at radius 2 is 2.08 bits per heavy atom. The summed E-state index contributed by atoms with van der Waals surface area (Å²) in [5.41, 5.74) is 4.74. The molecule has 1 aliphatic heterocycles. The Morgan fingerprint density at radius 1 is 1.35 bits per heavy atom. The first-order valence-corrected chi connectivity index (χ1v) is 11.1. The predicted octanol–water partition coefficient (Wildman–Crippen LogP) is 0.124. The molecule has 3 unspecified atom stereocenters. The monoisotopic (exact) mass is 391 g/mol. The van der Waals surface area contributed by atoms with Crippen molar-refractivity contribution in [2.75, 3.05) is 32.1 Å². The maximum atomic E-state index is 12.5. The predicted molar refractivity (Wildman–Crippen MR) is 99.1 cm³/mol. The normalized spacial score (nSPS) is 31.2. The smallest absolute Gasteiger partial charge is 0.240 e. The van der Waals surface area contributed by atoms with Crippen molar-refractivity contribution in [1.82, 2.24) is 10.0 Å². The summed E-state index contributed by atoms with van der Waals surface area (Å²) in [5.74, 6) is -0.513. The van der Waals surface area contributed by atoms with E-state index in [2.05, 4.69) is 10.0 Å². The van der Waals surface area contributed by atoms with Crippen LogP contribution in [0.4, 0.5) is 0 Å². The molecule has 3 atom stereocenters. The average Bonchev–Trinajstić information content (AvgIpc) is 2.60. The van der Waals surface area contributed by atoms with E-state index in [0.717, 1.165) is 19.3 Å². The molecule has 0 aromatic carbocycles. The van der Waals surface area contributed by atoms with Gasteiger partial charge < -0.3 is 20.5 Å². The van der Waals surface area contributed by atoms with Crippen molar-refractivity contribution in [3.8, 4) is 0 Å². The first-order valence-electron chi connectivity index (χ1n) is 9.40. The molecule has 1 amide bonds. The molecule has 2 fully saturated rings. The van der Waals surface area contributed by atoms with Crippen LogP contribution in [-0.4, -0.2) is 64.1 Å². The SMILES string of the molecule is CCOC1CC(N)(C(=O)NCCS(=O)(=O)NCC2CCCCO2)C1(C)C. The second-order valence-electron chi connectivity index (χ2n) is 7.75. The molecule has 9 heteroatoms. The summed E-state index contributed by atoms with van der Waals surface area (Å²) in [5, 5.41) is 2.67. The number of rotatable bonds is 9. The minimum absolute atomic E-state index is 0.0218. The van der Waals surface area contributed by atoms with E-state index in [1.54, 1.807) is 0 Å². The molecule has 2 rings (SSSR count). The fourth-order valence-electron chi connectivity index (χ4n) is 3.54. The Labute approximate surface area is 156 Å². The van der Waals surface area contributed by atoms with Crippen molar-refractivity contribution in [3.63, 3.8) is 0 Å². The third kappa shape index (κ3) is 4.75. The van der Waals surface area contributed by atoms with Gasteiger partial charge in [0.05, 0.1) is 18.0 Å². The van der Waals surface area contributed by atoms with E-state index in [0.29, 0.717) is 19.6 Å². The Balaban J connectivity index is 1.75. The molecule has 2 aliphatic rings. The fraction of sp³-hybridized carbons (Fsp3) is 0.941. The minimum atomic E-state index is -3.47. The number of nitrogens with one attached hydrogen (secondary N) is 2. The van der Waals surface area contributed by atoms with Gasteiger partial charge in [0.1, 0.15) is 5.54 Å². The molecule has 8 nitrogen and oxygen atoms in total. The van der Waals surface area contributed by atoms with Gasteiger partial charge in [0.25, 0.3) is 0 Å². The first-order chi connectivity index (χ1) is 12.1. The lowest BCUT2D eigenvalue weighted by Crippen LogP contribution is -2.75. The molecule has 0 aromatic heterocycles. The van der Waals surface area contributed by atoms with Crippen LogP contribution in [0.5, 0.6) is 0 Å². The summed E-state index contributed by atoms with van der Waals surface area (Å²) in [6.07, 6.45) is 3.25. The van der Waals surface area contributed by atoms with Crippen LogP contribution in [0, 0.1) is 5.41 Å². The van der Waals surface area contributed by atoms with Crippen LogP contribution in [0.1, 0.15) is 46.5 Å². The van der Waals surface area contributed by atoms with E-state index in [1.165, 1.54) is 0 Å². The molecule has 152 valence electrons. The number of amides is 1. The molecule has 0 bridgehead atoms. The highest BCUT2D eigenvalue weighted by molar-refractivity contribution is 7.89. The van der Waals surface area contributed by atoms with Crippen molar-refractivity contribution in [1.29, 1.82) is 0 Å². The number of hydrogen-bond donors (Lipinski definition) is 3. The number of nitrogens with two attached hydrogens (primary N) is 1. The van der Waals surface area contributed by atoms with Crippen molar-refractivity contribution < 1.29 is 22.7 Å². The second-order valence-corrected chi connectivity index (χ2v) is 9.68. The second kappa shape index (κ2) is 8.52. The third-order valence-electron chi connectivity index (χ3n) is 5.70. The lowest BCUT2D eigenvalue weighted by Gasteiger charge is -2.57. The van der Waals surface area contributed by atoms with Gasteiger partial charge >= 0.3 is 0 Å². The number of carbonyl (C=O) groups is 1. The maximum Gasteiger partial charge on any atom is 0.240 e. The molecule has 0 spiro atoms. The molecule has 4 N–H and O–H groups in total. The fourth-order valence-corrected chi connectivity index (χ4v) is 4.49. The van der Waals surface area contributed by atoms with E-state index in [-0.39, 0.29) is 37.0 Å². The molecule has 0 aromatic rings. The van der Waals surface area contributed by atoms with Gasteiger partial charge in [0.15, 0.2) is 0 Å². The Hall–Kier alpha value is -0.740. The molecular weight excluding hydrogens is 358 g/mol. The molecular formula is C17H33N3O5S. The maximum absolute atomic E-state index is 12.5. The van der Waals surface area contributed by atoms with Gasteiger partial charge in [0, 0.05) is 38.1 Å². The van der Waals surface area contributed by atoms with E-state index >= 15 is 0 Å². The van der Waals surface area contributed by atoms with Gasteiger partial charge in [-0.3, -0.25) is 4.79 Å². The van der Waals surface area contributed by atoms with Gasteiger partial charge in [-0.2, -0.15) is 0 Å². The number of hydrogen-bond acceptors (Lipinski definition) is 6. The van der Waals surface area contributed by atoms with Gasteiger partial charge in [-0.05, 0) is 26.2 Å². The Kier molecular flexibility index (Phi) is 7.06. The van der Waals surface area contributed by atoms with E-state index in [9.17, 15) is 13.2 Å². The molecule has 1 saturated heterocycles. The topological polar surface area (TPSA) is 120 Å². The highest BCUT2D eigenvalue weighted by Gasteiger charge is 2.62. The number of sulfonamides is 1. The zero-order valence-corrected chi connectivity index (χ0v) is 16.9. The van der Waals surface area contributed by atoms with Crippen molar-refractivity contribution >= 4 is 15.9 Å². The molecule has 0 radical (unpaired) electrons. The lowest BCUT2D eigenvalue weighted by atomic mass is 9.54. The quantitative estimate of drug-likeness (QED) is 0.514. The standard InChI is InChI=1S/C17H33N3O5S/c1-4-24-14-11-17(18,16(14,2)3)15(21)19-8-10-26(22,23)20-12-13-7-5-6-9-25-13/h13-14,20H,4-12,18H2,1-3H3,(H,19,21). The van der Waals surface area contributed by atoms with Crippen molar-refractivity contribution in [3.05, 3.63) is 0 Å². The summed E-state index contributed by atoms with van der Waals surface area (Å²) < 4.78 is 37.8. The zero-order valence-electron chi connectivity index (χ0n) is 16.0. The Morgan fingerprint density at radius 3 is 2.65 bits per heavy atom. The van der Waals surface area contributed by atoms with E-state index in [1.807, 2.05) is 20.8 Å². The number of carbonyl (C=O) groups excluding carboxylic acids is 1. The largest absolute Gasteiger partial charge is 0.378 e. The highest BCUT2D eigenvalue weighted by Crippen LogP contribution is 2.49. The number of ether oxygens (including phenoxy) is 2. The van der Waals surface area contributed by atoms with Crippen LogP contribution in [-0.2, 0) is 24.3 Å². The van der Waals surface area contributed by atoms with Crippen molar-refractivity contribution in [2.24, 2.45) is 11.1 Å². The van der Waals surface area contributed by atoms with Gasteiger partial charge in [-0.1, -0.05) is 13.8 Å². The highest BCUT2D eigenvalue weighted by atomic mass is 32.2. The van der Waals surface area contributed by atoms with Crippen LogP contribution in [0.25, 0.3) is 0 Å². The van der Waals surface area contributed by atoms with E-state index < -0.39 is 21.0 Å². The van der Waals surface area contributed by atoms with Crippen LogP contribution in [0.3, 0.4) is 0 Å². The molecule has 1 heterocycles. The summed E-state index contributed by atoms with van der Waals surface area (Å²) in [7, 11) is -3.47. The van der Waals surface area contributed by atoms with Crippen LogP contribution >= 0.6 is 0 Å². The van der Waals surface area contributed by atoms with Crippen LogP contribution < -0.4 is 15.8 Å². The van der Waals surface area contributed by atoms with Crippen molar-refractivity contribution in [2.45, 2.75) is 64.2 Å². The summed E-state index contributed by atoms with van der Waals surface area (Å²) in [6.45, 7) is 7.26. The van der Waals surface area contributed by atoms with Gasteiger partial charge in [0.2, 0.25) is 15.9 Å². The first kappa shape index (κ1) is 21.6. The Bertz CT molecular complexity index is 589. The lowest BCUT2D eigenvalue weighted by molar-refractivity contribution is -0.170.